The molecule has 0 radical (unpaired) electrons. The SMILES string of the molecule is CCC(C)(C)OCC(=O)Cc1ccccc1F. The van der Waals surface area contributed by atoms with Crippen molar-refractivity contribution in [3.63, 3.8) is 0 Å². The Morgan fingerprint density at radius 1 is 1.35 bits per heavy atom. The minimum atomic E-state index is -0.337. The van der Waals surface area contributed by atoms with Crippen LogP contribution in [0.25, 0.3) is 0 Å². The van der Waals surface area contributed by atoms with E-state index in [0.29, 0.717) is 5.56 Å². The van der Waals surface area contributed by atoms with Crippen LogP contribution in [0, 0.1) is 5.82 Å². The molecule has 0 saturated carbocycles. The summed E-state index contributed by atoms with van der Waals surface area (Å²) in [7, 11) is 0. The van der Waals surface area contributed by atoms with E-state index < -0.39 is 0 Å². The van der Waals surface area contributed by atoms with Gasteiger partial charge in [-0.2, -0.15) is 0 Å². The molecule has 0 aromatic heterocycles. The number of benzene rings is 1. The molecule has 1 aromatic carbocycles. The molecule has 0 bridgehead atoms. The van der Waals surface area contributed by atoms with Crippen molar-refractivity contribution in [2.24, 2.45) is 0 Å². The summed E-state index contributed by atoms with van der Waals surface area (Å²) in [4.78, 5) is 11.6. The quantitative estimate of drug-likeness (QED) is 0.761. The van der Waals surface area contributed by atoms with Crippen LogP contribution in [-0.2, 0) is 16.0 Å². The molecule has 0 fully saturated rings. The number of ketones is 1. The highest BCUT2D eigenvalue weighted by Gasteiger charge is 2.17. The number of Topliss-reactive ketones (excluding diaryl/α,β-unsaturated/α-hetero) is 1. The van der Waals surface area contributed by atoms with Gasteiger partial charge in [0.05, 0.1) is 5.60 Å². The predicted octanol–water partition coefficient (Wildman–Crippen LogP) is 3.14. The average Bonchev–Trinajstić information content (AvgIpc) is 2.30. The summed E-state index contributed by atoms with van der Waals surface area (Å²) in [6.45, 7) is 5.91. The van der Waals surface area contributed by atoms with E-state index in [0.717, 1.165) is 6.42 Å². The lowest BCUT2D eigenvalue weighted by Gasteiger charge is -2.22. The van der Waals surface area contributed by atoms with Gasteiger partial charge in [0.2, 0.25) is 0 Å². The summed E-state index contributed by atoms with van der Waals surface area (Å²) in [5, 5.41) is 0. The molecule has 0 amide bonds. The van der Waals surface area contributed by atoms with Crippen molar-refractivity contribution in [2.75, 3.05) is 6.61 Å². The molecule has 0 atom stereocenters. The molecule has 2 nitrogen and oxygen atoms in total. The molecule has 17 heavy (non-hydrogen) atoms. The first-order chi connectivity index (χ1) is 7.94. The van der Waals surface area contributed by atoms with Gasteiger partial charge in [0.1, 0.15) is 12.4 Å². The third-order valence-electron chi connectivity index (χ3n) is 2.82. The second-order valence-electron chi connectivity index (χ2n) is 4.71. The zero-order valence-electron chi connectivity index (χ0n) is 10.6. The van der Waals surface area contributed by atoms with Gasteiger partial charge in [0, 0.05) is 6.42 Å². The van der Waals surface area contributed by atoms with Crippen molar-refractivity contribution < 1.29 is 13.9 Å². The molecular weight excluding hydrogens is 219 g/mol. The van der Waals surface area contributed by atoms with Crippen LogP contribution in [0.5, 0.6) is 0 Å². The molecule has 0 aliphatic carbocycles. The maximum absolute atomic E-state index is 13.3. The second-order valence-corrected chi connectivity index (χ2v) is 4.71. The van der Waals surface area contributed by atoms with Crippen LogP contribution in [0.2, 0.25) is 0 Å². The molecule has 0 saturated heterocycles. The first kappa shape index (κ1) is 13.8. The highest BCUT2D eigenvalue weighted by atomic mass is 19.1. The van der Waals surface area contributed by atoms with E-state index in [1.165, 1.54) is 6.07 Å². The Labute approximate surface area is 102 Å². The number of ether oxygens (including phenoxy) is 1. The van der Waals surface area contributed by atoms with Gasteiger partial charge in [-0.15, -0.1) is 0 Å². The third kappa shape index (κ3) is 4.65. The molecule has 0 aliphatic heterocycles. The smallest absolute Gasteiger partial charge is 0.162 e. The second kappa shape index (κ2) is 5.92. The number of carbonyl (C=O) groups is 1. The molecule has 94 valence electrons. The van der Waals surface area contributed by atoms with Crippen LogP contribution in [0.1, 0.15) is 32.8 Å². The van der Waals surface area contributed by atoms with E-state index in [4.69, 9.17) is 4.74 Å². The Balaban J connectivity index is 2.48. The van der Waals surface area contributed by atoms with Crippen molar-refractivity contribution in [2.45, 2.75) is 39.2 Å². The lowest BCUT2D eigenvalue weighted by Crippen LogP contribution is -2.27. The summed E-state index contributed by atoms with van der Waals surface area (Å²) >= 11 is 0. The van der Waals surface area contributed by atoms with Crippen molar-refractivity contribution in [1.29, 1.82) is 0 Å². The summed E-state index contributed by atoms with van der Waals surface area (Å²) in [5.41, 5.74) is 0.126. The van der Waals surface area contributed by atoms with Gasteiger partial charge in [-0.25, -0.2) is 4.39 Å². The standard InChI is InChI=1S/C14H19FO2/c1-4-14(2,3)17-10-12(16)9-11-7-5-6-8-13(11)15/h5-8H,4,9-10H2,1-3H3. The van der Waals surface area contributed by atoms with E-state index in [1.54, 1.807) is 18.2 Å². The summed E-state index contributed by atoms with van der Waals surface area (Å²) < 4.78 is 18.8. The number of hydrogen-bond acceptors (Lipinski definition) is 2. The zero-order valence-corrected chi connectivity index (χ0v) is 10.6. The van der Waals surface area contributed by atoms with E-state index in [1.807, 2.05) is 20.8 Å². The largest absolute Gasteiger partial charge is 0.368 e. The summed E-state index contributed by atoms with van der Waals surface area (Å²) in [6.07, 6.45) is 0.923. The highest BCUT2D eigenvalue weighted by molar-refractivity contribution is 5.82. The Morgan fingerprint density at radius 3 is 2.59 bits per heavy atom. The first-order valence-electron chi connectivity index (χ1n) is 5.83. The van der Waals surface area contributed by atoms with E-state index in [2.05, 4.69) is 0 Å². The topological polar surface area (TPSA) is 26.3 Å². The Hall–Kier alpha value is -1.22. The molecule has 3 heteroatoms. The van der Waals surface area contributed by atoms with Crippen LogP contribution in [0.4, 0.5) is 4.39 Å². The van der Waals surface area contributed by atoms with Crippen LogP contribution >= 0.6 is 0 Å². The van der Waals surface area contributed by atoms with Crippen LogP contribution in [0.15, 0.2) is 24.3 Å². The fraction of sp³-hybridized carbons (Fsp3) is 0.500. The zero-order chi connectivity index (χ0) is 12.9. The minimum Gasteiger partial charge on any atom is -0.368 e. The van der Waals surface area contributed by atoms with E-state index in [9.17, 15) is 9.18 Å². The van der Waals surface area contributed by atoms with E-state index in [-0.39, 0.29) is 30.2 Å². The number of carbonyl (C=O) groups excluding carboxylic acids is 1. The molecule has 0 unspecified atom stereocenters. The number of halogens is 1. The first-order valence-corrected chi connectivity index (χ1v) is 5.83. The van der Waals surface area contributed by atoms with Gasteiger partial charge in [0.15, 0.2) is 5.78 Å². The highest BCUT2D eigenvalue weighted by Crippen LogP contribution is 2.14. The average molecular weight is 238 g/mol. The van der Waals surface area contributed by atoms with Gasteiger partial charge in [0.25, 0.3) is 0 Å². The van der Waals surface area contributed by atoms with Gasteiger partial charge < -0.3 is 4.74 Å². The lowest BCUT2D eigenvalue weighted by molar-refractivity contribution is -0.128. The summed E-state index contributed by atoms with van der Waals surface area (Å²) in [6, 6.07) is 6.32. The van der Waals surface area contributed by atoms with Gasteiger partial charge in [-0.3, -0.25) is 4.79 Å². The lowest BCUT2D eigenvalue weighted by atomic mass is 10.1. The molecule has 1 aromatic rings. The van der Waals surface area contributed by atoms with Gasteiger partial charge in [-0.1, -0.05) is 25.1 Å². The fourth-order valence-electron chi connectivity index (χ4n) is 1.28. The molecule has 0 spiro atoms. The molecule has 0 N–H and O–H groups in total. The summed E-state index contributed by atoms with van der Waals surface area (Å²) in [5.74, 6) is -0.438. The molecule has 0 heterocycles. The van der Waals surface area contributed by atoms with Crippen LogP contribution in [-0.4, -0.2) is 18.0 Å². The molecule has 0 aliphatic rings. The molecule has 1 rings (SSSR count). The number of rotatable bonds is 6. The monoisotopic (exact) mass is 238 g/mol. The Bertz CT molecular complexity index is 386. The predicted molar refractivity (Wildman–Crippen MR) is 65.4 cm³/mol. The normalized spacial score (nSPS) is 11.5. The van der Waals surface area contributed by atoms with Crippen molar-refractivity contribution in [1.82, 2.24) is 0 Å². The maximum Gasteiger partial charge on any atom is 0.162 e. The van der Waals surface area contributed by atoms with Gasteiger partial charge in [-0.05, 0) is 31.9 Å². The van der Waals surface area contributed by atoms with Crippen LogP contribution in [0.3, 0.4) is 0 Å². The fourth-order valence-corrected chi connectivity index (χ4v) is 1.28. The van der Waals surface area contributed by atoms with Gasteiger partial charge >= 0.3 is 0 Å². The van der Waals surface area contributed by atoms with Crippen molar-refractivity contribution in [3.05, 3.63) is 35.6 Å². The van der Waals surface area contributed by atoms with E-state index >= 15 is 0 Å². The van der Waals surface area contributed by atoms with Crippen molar-refractivity contribution in [3.8, 4) is 0 Å². The Morgan fingerprint density at radius 2 is 2.00 bits per heavy atom. The Kier molecular flexibility index (Phi) is 4.82. The van der Waals surface area contributed by atoms with Crippen molar-refractivity contribution >= 4 is 5.78 Å². The maximum atomic E-state index is 13.3. The third-order valence-corrected chi connectivity index (χ3v) is 2.82. The minimum absolute atomic E-state index is 0.0369. The van der Waals surface area contributed by atoms with Crippen LogP contribution < -0.4 is 0 Å². The number of hydrogen-bond donors (Lipinski definition) is 0. The molecular formula is C14H19FO2.